The highest BCUT2D eigenvalue weighted by molar-refractivity contribution is 9.10. The molecule has 20 heavy (non-hydrogen) atoms. The van der Waals surface area contributed by atoms with Crippen molar-refractivity contribution in [2.24, 2.45) is 0 Å². The van der Waals surface area contributed by atoms with E-state index in [-0.39, 0.29) is 5.91 Å². The van der Waals surface area contributed by atoms with Gasteiger partial charge in [-0.25, -0.2) is 0 Å². The lowest BCUT2D eigenvalue weighted by Gasteiger charge is -2.14. The molecule has 4 nitrogen and oxygen atoms in total. The summed E-state index contributed by atoms with van der Waals surface area (Å²) in [5.41, 5.74) is 1.81. The maximum atomic E-state index is 12.2. The molecule has 0 radical (unpaired) electrons. The lowest BCUT2D eigenvalue weighted by Crippen LogP contribution is -2.14. The first-order valence-corrected chi connectivity index (χ1v) is 6.95. The number of pyridine rings is 1. The summed E-state index contributed by atoms with van der Waals surface area (Å²) in [6.07, 6.45) is 2.96. The van der Waals surface area contributed by atoms with Crippen LogP contribution in [0.25, 0.3) is 0 Å². The molecule has 1 N–H and O–H groups in total. The van der Waals surface area contributed by atoms with Crippen LogP contribution in [0.5, 0.6) is 5.75 Å². The monoisotopic (exact) mass is 354 g/mol. The van der Waals surface area contributed by atoms with Gasteiger partial charge in [0.2, 0.25) is 0 Å². The highest BCUT2D eigenvalue weighted by Gasteiger charge is 2.15. The normalized spacial score (nSPS) is 10.2. The molecule has 0 atom stereocenters. The van der Waals surface area contributed by atoms with E-state index in [0.29, 0.717) is 22.0 Å². The van der Waals surface area contributed by atoms with Crippen molar-refractivity contribution in [3.63, 3.8) is 0 Å². The molecule has 0 bridgehead atoms. The second-order valence-corrected chi connectivity index (χ2v) is 5.43. The van der Waals surface area contributed by atoms with Crippen molar-refractivity contribution in [3.8, 4) is 5.75 Å². The van der Waals surface area contributed by atoms with Crippen LogP contribution >= 0.6 is 27.5 Å². The lowest BCUT2D eigenvalue weighted by atomic mass is 10.1. The van der Waals surface area contributed by atoms with Crippen LogP contribution in [0, 0.1) is 6.92 Å². The molecule has 1 amide bonds. The number of carbonyl (C=O) groups excluding carboxylic acids is 1. The van der Waals surface area contributed by atoms with Gasteiger partial charge in [-0.2, -0.15) is 0 Å². The van der Waals surface area contributed by atoms with Gasteiger partial charge in [0.15, 0.2) is 0 Å². The number of aryl methyl sites for hydroxylation is 1. The smallest absolute Gasteiger partial charge is 0.258 e. The number of amides is 1. The van der Waals surface area contributed by atoms with E-state index in [1.807, 2.05) is 13.0 Å². The molecule has 0 spiro atoms. The maximum absolute atomic E-state index is 12.2. The Morgan fingerprint density at radius 1 is 1.45 bits per heavy atom. The van der Waals surface area contributed by atoms with E-state index >= 15 is 0 Å². The molecule has 0 aliphatic heterocycles. The number of aromatic nitrogens is 1. The predicted molar refractivity (Wildman–Crippen MR) is 82.6 cm³/mol. The zero-order valence-electron chi connectivity index (χ0n) is 10.9. The van der Waals surface area contributed by atoms with Crippen LogP contribution in [0.15, 0.2) is 35.1 Å². The Bertz CT molecular complexity index is 662. The number of benzene rings is 1. The third-order valence-electron chi connectivity index (χ3n) is 2.74. The van der Waals surface area contributed by atoms with Crippen molar-refractivity contribution in [1.82, 2.24) is 4.98 Å². The number of nitrogens with zero attached hydrogens (tertiary/aromatic N) is 1. The molecule has 2 rings (SSSR count). The largest absolute Gasteiger partial charge is 0.495 e. The van der Waals surface area contributed by atoms with Gasteiger partial charge in [0.25, 0.3) is 5.91 Å². The topological polar surface area (TPSA) is 51.2 Å². The van der Waals surface area contributed by atoms with Crippen LogP contribution in [0.3, 0.4) is 0 Å². The maximum Gasteiger partial charge on any atom is 0.258 e. The number of ether oxygens (including phenoxy) is 1. The molecule has 2 aromatic rings. The highest BCUT2D eigenvalue weighted by atomic mass is 79.9. The van der Waals surface area contributed by atoms with Crippen LogP contribution in [0.2, 0.25) is 5.02 Å². The average Bonchev–Trinajstić information content (AvgIpc) is 2.41. The zero-order chi connectivity index (χ0) is 14.7. The fraction of sp³-hybridized carbons (Fsp3) is 0.143. The number of rotatable bonds is 3. The number of halogens is 2. The van der Waals surface area contributed by atoms with Gasteiger partial charge in [-0.3, -0.25) is 9.78 Å². The van der Waals surface area contributed by atoms with Crippen LogP contribution < -0.4 is 10.1 Å². The fourth-order valence-electron chi connectivity index (χ4n) is 1.76. The van der Waals surface area contributed by atoms with Crippen molar-refractivity contribution < 1.29 is 9.53 Å². The number of carbonyl (C=O) groups is 1. The molecule has 0 fully saturated rings. The predicted octanol–water partition coefficient (Wildman–Crippen LogP) is 4.07. The molecular weight excluding hydrogens is 344 g/mol. The first-order valence-electron chi connectivity index (χ1n) is 5.78. The molecule has 0 aliphatic carbocycles. The van der Waals surface area contributed by atoms with E-state index in [1.54, 1.807) is 19.2 Å². The molecule has 0 saturated carbocycles. The number of hydrogen-bond donors (Lipinski definition) is 1. The fourth-order valence-corrected chi connectivity index (χ4v) is 2.50. The molecule has 1 aromatic heterocycles. The van der Waals surface area contributed by atoms with Gasteiger partial charge >= 0.3 is 0 Å². The van der Waals surface area contributed by atoms with E-state index in [0.717, 1.165) is 10.0 Å². The van der Waals surface area contributed by atoms with E-state index in [2.05, 4.69) is 26.2 Å². The summed E-state index contributed by atoms with van der Waals surface area (Å²) < 4.78 is 6.16. The van der Waals surface area contributed by atoms with Crippen molar-refractivity contribution in [2.45, 2.75) is 6.92 Å². The quantitative estimate of drug-likeness (QED) is 0.903. The van der Waals surface area contributed by atoms with Gasteiger partial charge in [0, 0.05) is 16.9 Å². The number of hydrogen-bond acceptors (Lipinski definition) is 3. The first-order chi connectivity index (χ1) is 9.52. The van der Waals surface area contributed by atoms with Gasteiger partial charge in [-0.05, 0) is 30.7 Å². The Morgan fingerprint density at radius 2 is 2.20 bits per heavy atom. The van der Waals surface area contributed by atoms with Crippen LogP contribution in [-0.4, -0.2) is 18.0 Å². The number of anilines is 1. The molecule has 1 aromatic carbocycles. The minimum Gasteiger partial charge on any atom is -0.495 e. The van der Waals surface area contributed by atoms with Gasteiger partial charge < -0.3 is 10.1 Å². The summed E-state index contributed by atoms with van der Waals surface area (Å²) >= 11 is 9.37. The zero-order valence-corrected chi connectivity index (χ0v) is 13.2. The van der Waals surface area contributed by atoms with E-state index in [9.17, 15) is 4.79 Å². The summed E-state index contributed by atoms with van der Waals surface area (Å²) in [6.45, 7) is 1.88. The Balaban J connectivity index is 2.35. The van der Waals surface area contributed by atoms with E-state index < -0.39 is 0 Å². The Labute approximate surface area is 130 Å². The minimum atomic E-state index is -0.327. The van der Waals surface area contributed by atoms with Gasteiger partial charge in [0.1, 0.15) is 5.75 Å². The first kappa shape index (κ1) is 14.8. The van der Waals surface area contributed by atoms with Crippen molar-refractivity contribution in [3.05, 3.63) is 51.2 Å². The van der Waals surface area contributed by atoms with Crippen LogP contribution in [0.1, 0.15) is 15.9 Å². The molecule has 104 valence electrons. The lowest BCUT2D eigenvalue weighted by molar-refractivity contribution is 0.102. The van der Waals surface area contributed by atoms with Gasteiger partial charge in [-0.1, -0.05) is 27.5 Å². The van der Waals surface area contributed by atoms with Crippen LogP contribution in [0.4, 0.5) is 5.69 Å². The van der Waals surface area contributed by atoms with Crippen molar-refractivity contribution in [1.29, 1.82) is 0 Å². The number of methoxy groups -OCH3 is 1. The second-order valence-electron chi connectivity index (χ2n) is 4.11. The number of nitrogens with one attached hydrogen (secondary N) is 1. The Morgan fingerprint density at radius 3 is 2.85 bits per heavy atom. The third kappa shape index (κ3) is 3.11. The molecular formula is C14H12BrClN2O2. The Hall–Kier alpha value is -1.59. The molecule has 0 aliphatic rings. The van der Waals surface area contributed by atoms with Crippen molar-refractivity contribution in [2.75, 3.05) is 12.4 Å². The van der Waals surface area contributed by atoms with Gasteiger partial charge in [-0.15, -0.1) is 0 Å². The standard InChI is InChI=1S/C14H12BrClN2O2/c1-8-5-9(15)6-12(20-2)13(8)18-14(19)10-7-17-4-3-11(10)16/h3-7H,1-2H3,(H,18,19). The van der Waals surface area contributed by atoms with Gasteiger partial charge in [0.05, 0.1) is 23.4 Å². The molecule has 0 saturated heterocycles. The Kier molecular flexibility index (Phi) is 4.62. The van der Waals surface area contributed by atoms with Crippen LogP contribution in [-0.2, 0) is 0 Å². The van der Waals surface area contributed by atoms with E-state index in [4.69, 9.17) is 16.3 Å². The summed E-state index contributed by atoms with van der Waals surface area (Å²) in [4.78, 5) is 16.1. The highest BCUT2D eigenvalue weighted by Crippen LogP contribution is 2.32. The summed E-state index contributed by atoms with van der Waals surface area (Å²) in [7, 11) is 1.55. The molecule has 6 heteroatoms. The minimum absolute atomic E-state index is 0.318. The summed E-state index contributed by atoms with van der Waals surface area (Å²) in [6, 6.07) is 5.25. The SMILES string of the molecule is COc1cc(Br)cc(C)c1NC(=O)c1cnccc1Cl. The van der Waals surface area contributed by atoms with E-state index in [1.165, 1.54) is 12.4 Å². The second kappa shape index (κ2) is 6.24. The average molecular weight is 356 g/mol. The summed E-state index contributed by atoms with van der Waals surface area (Å²) in [5.74, 6) is 0.247. The third-order valence-corrected chi connectivity index (χ3v) is 3.52. The summed E-state index contributed by atoms with van der Waals surface area (Å²) in [5, 5.41) is 3.16. The van der Waals surface area contributed by atoms with Crippen molar-refractivity contribution >= 4 is 39.1 Å². The molecule has 1 heterocycles. The molecule has 0 unspecified atom stereocenters.